The zero-order chi connectivity index (χ0) is 38.2. The molecule has 2 saturated heterocycles. The van der Waals surface area contributed by atoms with Gasteiger partial charge in [0, 0.05) is 58.5 Å². The second kappa shape index (κ2) is 16.4. The first-order valence-corrected chi connectivity index (χ1v) is 21.7. The molecule has 2 aliphatic carbocycles. The lowest BCUT2D eigenvalue weighted by Gasteiger charge is -2.56. The normalized spacial score (nSPS) is 29.3. The van der Waals surface area contributed by atoms with Crippen molar-refractivity contribution >= 4 is 33.2 Å². The van der Waals surface area contributed by atoms with Crippen LogP contribution in [0.15, 0.2) is 42.0 Å². The Morgan fingerprint density at radius 1 is 1.09 bits per heavy atom. The monoisotopic (exact) mass is 786 g/mol. The smallest absolute Gasteiger partial charge is 0.264 e. The maximum absolute atomic E-state index is 15.6. The van der Waals surface area contributed by atoms with Crippen LogP contribution in [0.25, 0.3) is 0 Å². The SMILES string of the molecule is CCCc1c(CN2C[C@@H]3CC[C@H]3[C@@](CN3CCN(C4COC4)CC3)(OC)C3=C[C@@H](C3)C[C@@H](C)S(=O)(=O)NC(=O)c3ccc(OCC)c2c3)ccc(Cl)c1F. The number of fused-ring (bicyclic) bond motifs is 5. The van der Waals surface area contributed by atoms with Crippen molar-refractivity contribution in [1.29, 1.82) is 0 Å². The number of hydrogen-bond acceptors (Lipinski definition) is 9. The average Bonchev–Trinajstić information content (AvgIpc) is 3.09. The van der Waals surface area contributed by atoms with E-state index in [1.807, 2.05) is 27.0 Å². The molecule has 4 heterocycles. The predicted molar refractivity (Wildman–Crippen MR) is 209 cm³/mol. The number of rotatable bonds is 10. The summed E-state index contributed by atoms with van der Waals surface area (Å²) in [5.41, 5.74) is 2.98. The van der Waals surface area contributed by atoms with Crippen LogP contribution in [-0.2, 0) is 32.5 Å². The summed E-state index contributed by atoms with van der Waals surface area (Å²) in [4.78, 5) is 20.9. The van der Waals surface area contributed by atoms with Gasteiger partial charge in [-0.25, -0.2) is 17.5 Å². The van der Waals surface area contributed by atoms with Crippen LogP contribution >= 0.6 is 11.6 Å². The summed E-state index contributed by atoms with van der Waals surface area (Å²) in [6.07, 6.45) is 6.69. The molecule has 10 nitrogen and oxygen atoms in total. The van der Waals surface area contributed by atoms with Crippen LogP contribution in [0, 0.1) is 23.6 Å². The lowest BCUT2D eigenvalue weighted by molar-refractivity contribution is -0.116. The molecule has 0 radical (unpaired) electrons. The highest BCUT2D eigenvalue weighted by Crippen LogP contribution is 2.53. The van der Waals surface area contributed by atoms with Gasteiger partial charge in [-0.2, -0.15) is 0 Å². The molecule has 4 aliphatic heterocycles. The Balaban J connectivity index is 1.29. The van der Waals surface area contributed by atoms with Crippen molar-refractivity contribution < 1.29 is 31.8 Å². The number of halogens is 2. The van der Waals surface area contributed by atoms with Crippen molar-refractivity contribution in [2.45, 2.75) is 82.7 Å². The number of hydrogen-bond donors (Lipinski definition) is 1. The van der Waals surface area contributed by atoms with Gasteiger partial charge in [-0.15, -0.1) is 0 Å². The summed E-state index contributed by atoms with van der Waals surface area (Å²) in [6, 6.07) is 9.09. The number of carbonyl (C=O) groups is 1. The van der Waals surface area contributed by atoms with E-state index in [-0.39, 0.29) is 28.3 Å². The van der Waals surface area contributed by atoms with Gasteiger partial charge in [0.2, 0.25) is 10.0 Å². The molecule has 0 aromatic heterocycles. The van der Waals surface area contributed by atoms with Gasteiger partial charge in [-0.05, 0) is 105 Å². The van der Waals surface area contributed by atoms with E-state index < -0.39 is 32.6 Å². The van der Waals surface area contributed by atoms with Crippen molar-refractivity contribution in [1.82, 2.24) is 14.5 Å². The maximum atomic E-state index is 15.6. The Morgan fingerprint density at radius 2 is 1.85 bits per heavy atom. The van der Waals surface area contributed by atoms with E-state index in [0.29, 0.717) is 55.6 Å². The molecule has 6 aliphatic rings. The first kappa shape index (κ1) is 39.5. The summed E-state index contributed by atoms with van der Waals surface area (Å²) in [7, 11) is -2.13. The molecule has 1 amide bonds. The fourth-order valence-corrected chi connectivity index (χ4v) is 10.6. The van der Waals surface area contributed by atoms with Gasteiger partial charge in [-0.3, -0.25) is 14.6 Å². The third kappa shape index (κ3) is 7.80. The molecular weight excluding hydrogens is 731 g/mol. The largest absolute Gasteiger partial charge is 0.492 e. The molecule has 0 unspecified atom stereocenters. The predicted octanol–water partition coefficient (Wildman–Crippen LogP) is 6.06. The highest BCUT2D eigenvalue weighted by molar-refractivity contribution is 7.90. The molecule has 3 fully saturated rings. The van der Waals surface area contributed by atoms with Gasteiger partial charge >= 0.3 is 0 Å². The summed E-state index contributed by atoms with van der Waals surface area (Å²) >= 11 is 6.31. The van der Waals surface area contributed by atoms with Crippen molar-refractivity contribution in [2.75, 3.05) is 71.1 Å². The van der Waals surface area contributed by atoms with Crippen molar-refractivity contribution in [3.8, 4) is 5.75 Å². The van der Waals surface area contributed by atoms with Gasteiger partial charge in [0.05, 0.1) is 41.8 Å². The van der Waals surface area contributed by atoms with E-state index in [1.54, 1.807) is 31.2 Å². The number of sulfonamides is 1. The summed E-state index contributed by atoms with van der Waals surface area (Å²) in [6.45, 7) is 13.2. The molecule has 2 aromatic carbocycles. The van der Waals surface area contributed by atoms with Crippen LogP contribution < -0.4 is 14.4 Å². The number of ether oxygens (including phenoxy) is 3. The topological polar surface area (TPSA) is 101 Å². The fourth-order valence-electron chi connectivity index (χ4n) is 9.32. The number of nitrogens with one attached hydrogen (secondary N) is 1. The van der Waals surface area contributed by atoms with Crippen molar-refractivity contribution in [2.24, 2.45) is 17.8 Å². The van der Waals surface area contributed by atoms with Crippen LogP contribution in [0.2, 0.25) is 5.02 Å². The minimum atomic E-state index is -3.97. The van der Waals surface area contributed by atoms with Gasteiger partial charge < -0.3 is 19.1 Å². The van der Waals surface area contributed by atoms with Gasteiger partial charge in [-0.1, -0.05) is 37.1 Å². The molecule has 1 N–H and O–H groups in total. The van der Waals surface area contributed by atoms with E-state index >= 15 is 4.39 Å². The highest BCUT2D eigenvalue weighted by atomic mass is 35.5. The molecule has 2 aromatic rings. The standard InChI is InChI=1S/C41H56ClFN4O6S/c1-5-7-34-30(9-12-36(42)39(34)43)22-47-23-31-8-11-35(31)41(51-4,26-45-14-16-46(17-15-45)33-24-52-25-33)32-19-28(20-32)18-27(3)54(49,50)44-40(48)29-10-13-38(53-6-2)37(47)21-29/h9-10,12-13,19,21,27-28,31,33,35H,5-8,11,14-18,20,22-26H2,1-4H3,(H,44,48)/t27-,28+,31+,35-,41+/m1/s1. The molecule has 5 atom stereocenters. The van der Waals surface area contributed by atoms with Crippen molar-refractivity contribution in [3.05, 3.63) is 69.5 Å². The lowest BCUT2D eigenvalue weighted by atomic mass is 9.58. The first-order chi connectivity index (χ1) is 26.0. The minimum Gasteiger partial charge on any atom is -0.492 e. The van der Waals surface area contributed by atoms with Crippen LogP contribution in [0.5, 0.6) is 5.75 Å². The van der Waals surface area contributed by atoms with E-state index in [1.165, 1.54) is 5.57 Å². The van der Waals surface area contributed by atoms with Crippen LogP contribution in [-0.4, -0.2) is 107 Å². The quantitative estimate of drug-likeness (QED) is 0.288. The van der Waals surface area contributed by atoms with Gasteiger partial charge in [0.25, 0.3) is 5.91 Å². The van der Waals surface area contributed by atoms with Gasteiger partial charge in [0.15, 0.2) is 0 Å². The first-order valence-electron chi connectivity index (χ1n) is 19.8. The molecule has 54 heavy (non-hydrogen) atoms. The molecule has 296 valence electrons. The number of amides is 1. The lowest BCUT2D eigenvalue weighted by Crippen LogP contribution is -2.62. The molecule has 13 heteroatoms. The number of allylic oxidation sites excluding steroid dienone is 1. The number of nitrogens with zero attached hydrogens (tertiary/aromatic N) is 3. The van der Waals surface area contributed by atoms with E-state index in [4.69, 9.17) is 25.8 Å². The van der Waals surface area contributed by atoms with Crippen LogP contribution in [0.3, 0.4) is 0 Å². The fraction of sp³-hybridized carbons (Fsp3) is 0.634. The second-order valence-corrected chi connectivity index (χ2v) is 18.5. The van der Waals surface area contributed by atoms with E-state index in [0.717, 1.165) is 77.2 Å². The number of piperazine rings is 1. The van der Waals surface area contributed by atoms with Gasteiger partial charge in [0.1, 0.15) is 17.2 Å². The molecular formula is C41H56ClFN4O6S. The number of anilines is 1. The Morgan fingerprint density at radius 3 is 2.48 bits per heavy atom. The van der Waals surface area contributed by atoms with Crippen LogP contribution in [0.1, 0.15) is 74.4 Å². The minimum absolute atomic E-state index is 0.0727. The highest BCUT2D eigenvalue weighted by Gasteiger charge is 2.53. The molecule has 4 bridgehead atoms. The van der Waals surface area contributed by atoms with Crippen LogP contribution in [0.4, 0.5) is 10.1 Å². The average molecular weight is 787 g/mol. The Hall–Kier alpha value is -2.74. The molecule has 1 saturated carbocycles. The molecule has 0 spiro atoms. The number of carbonyl (C=O) groups excluding carboxylic acids is 1. The third-order valence-corrected chi connectivity index (χ3v) is 14.7. The zero-order valence-corrected chi connectivity index (χ0v) is 33.7. The van der Waals surface area contributed by atoms with Crippen molar-refractivity contribution in [3.63, 3.8) is 0 Å². The molecule has 8 rings (SSSR count). The summed E-state index contributed by atoms with van der Waals surface area (Å²) in [5.74, 6) is -0.0153. The third-order valence-electron chi connectivity index (χ3n) is 12.7. The Kier molecular flexibility index (Phi) is 12.0. The van der Waals surface area contributed by atoms with E-state index in [2.05, 4.69) is 25.5 Å². The summed E-state index contributed by atoms with van der Waals surface area (Å²) in [5, 5.41) is -0.679. The Labute approximate surface area is 325 Å². The van der Waals surface area contributed by atoms with E-state index in [9.17, 15) is 13.2 Å². The zero-order valence-electron chi connectivity index (χ0n) is 32.1. The summed E-state index contributed by atoms with van der Waals surface area (Å²) < 4.78 is 63.6. The Bertz CT molecular complexity index is 1830. The second-order valence-electron chi connectivity index (χ2n) is 16.0. The number of methoxy groups -OCH3 is 1. The maximum Gasteiger partial charge on any atom is 0.264 e. The number of benzene rings is 2.